The third-order valence-electron chi connectivity index (χ3n) is 4.97. The van der Waals surface area contributed by atoms with Gasteiger partial charge in [-0.25, -0.2) is 4.39 Å². The van der Waals surface area contributed by atoms with Gasteiger partial charge in [-0.2, -0.15) is 5.10 Å². The highest BCUT2D eigenvalue weighted by atomic mass is 19.1. The number of nitrogens with zero attached hydrogens (tertiary/aromatic N) is 2. The van der Waals surface area contributed by atoms with E-state index in [2.05, 4.69) is 10.4 Å². The van der Waals surface area contributed by atoms with Crippen molar-refractivity contribution in [2.45, 2.75) is 26.1 Å². The molecule has 1 aliphatic heterocycles. The molecule has 0 radical (unpaired) electrons. The highest BCUT2D eigenvalue weighted by Crippen LogP contribution is 2.22. The Morgan fingerprint density at radius 2 is 1.90 bits per heavy atom. The average molecular weight is 395 g/mol. The maximum absolute atomic E-state index is 13.2. The largest absolute Gasteiger partial charge is 0.497 e. The molecule has 0 saturated heterocycles. The Kier molecular flexibility index (Phi) is 5.57. The van der Waals surface area contributed by atoms with Crippen molar-refractivity contribution in [2.24, 2.45) is 0 Å². The first-order valence-corrected chi connectivity index (χ1v) is 9.46. The minimum Gasteiger partial charge on any atom is -0.497 e. The van der Waals surface area contributed by atoms with Crippen LogP contribution < -0.4 is 10.1 Å². The molecule has 1 aliphatic rings. The predicted molar refractivity (Wildman–Crippen MR) is 105 cm³/mol. The second kappa shape index (κ2) is 8.45. The van der Waals surface area contributed by atoms with E-state index in [4.69, 9.17) is 9.47 Å². The van der Waals surface area contributed by atoms with E-state index < -0.39 is 0 Å². The number of hydrogen-bond donors (Lipinski definition) is 1. The van der Waals surface area contributed by atoms with Gasteiger partial charge in [-0.3, -0.25) is 9.48 Å². The number of benzene rings is 2. The Hall–Kier alpha value is -3.19. The van der Waals surface area contributed by atoms with E-state index in [9.17, 15) is 9.18 Å². The monoisotopic (exact) mass is 395 g/mol. The molecule has 1 aromatic heterocycles. The van der Waals surface area contributed by atoms with E-state index >= 15 is 0 Å². The predicted octanol–water partition coefficient (Wildman–Crippen LogP) is 3.08. The van der Waals surface area contributed by atoms with Crippen LogP contribution in [0.15, 0.2) is 48.5 Å². The van der Waals surface area contributed by atoms with E-state index in [0.717, 1.165) is 28.1 Å². The van der Waals surface area contributed by atoms with Crippen LogP contribution in [0.4, 0.5) is 4.39 Å². The summed E-state index contributed by atoms with van der Waals surface area (Å²) < 4.78 is 25.7. The van der Waals surface area contributed by atoms with Crippen LogP contribution in [0, 0.1) is 5.82 Å². The first-order valence-electron chi connectivity index (χ1n) is 9.46. The number of rotatable bonds is 6. The number of methoxy groups -OCH3 is 1. The Balaban J connectivity index is 1.52. The Morgan fingerprint density at radius 3 is 2.62 bits per heavy atom. The van der Waals surface area contributed by atoms with Gasteiger partial charge in [0, 0.05) is 24.2 Å². The number of carbonyl (C=O) groups is 1. The summed E-state index contributed by atoms with van der Waals surface area (Å²) in [5.41, 5.74) is 4.10. The molecule has 29 heavy (non-hydrogen) atoms. The van der Waals surface area contributed by atoms with Crippen molar-refractivity contribution in [1.29, 1.82) is 0 Å². The van der Waals surface area contributed by atoms with Gasteiger partial charge in [0.2, 0.25) is 0 Å². The van der Waals surface area contributed by atoms with Gasteiger partial charge in [0.25, 0.3) is 5.91 Å². The Bertz CT molecular complexity index is 997. The maximum atomic E-state index is 13.2. The maximum Gasteiger partial charge on any atom is 0.272 e. The van der Waals surface area contributed by atoms with Gasteiger partial charge < -0.3 is 14.8 Å². The number of fused-ring (bicyclic) bond motifs is 1. The number of amides is 1. The first-order chi connectivity index (χ1) is 14.1. The summed E-state index contributed by atoms with van der Waals surface area (Å²) in [6.07, 6.45) is 0.690. The average Bonchev–Trinajstić information content (AvgIpc) is 3.12. The molecule has 3 aromatic rings. The molecule has 0 unspecified atom stereocenters. The fourth-order valence-electron chi connectivity index (χ4n) is 3.39. The van der Waals surface area contributed by atoms with Gasteiger partial charge in [-0.15, -0.1) is 0 Å². The molecule has 1 N–H and O–H groups in total. The summed E-state index contributed by atoms with van der Waals surface area (Å²) in [7, 11) is 1.62. The number of carbonyl (C=O) groups excluding carboxylic acids is 1. The smallest absolute Gasteiger partial charge is 0.272 e. The molecular weight excluding hydrogens is 373 g/mol. The third kappa shape index (κ3) is 4.30. The molecule has 0 bridgehead atoms. The van der Waals surface area contributed by atoms with E-state index in [1.165, 1.54) is 12.1 Å². The normalized spacial score (nSPS) is 13.0. The molecule has 0 aliphatic carbocycles. The zero-order valence-electron chi connectivity index (χ0n) is 16.2. The molecule has 1 amide bonds. The van der Waals surface area contributed by atoms with E-state index in [1.807, 2.05) is 28.9 Å². The third-order valence-corrected chi connectivity index (χ3v) is 4.97. The molecule has 0 saturated carbocycles. The molecule has 7 heteroatoms. The van der Waals surface area contributed by atoms with Crippen LogP contribution in [0.25, 0.3) is 0 Å². The fourth-order valence-corrected chi connectivity index (χ4v) is 3.39. The summed E-state index contributed by atoms with van der Waals surface area (Å²) >= 11 is 0. The minimum atomic E-state index is -0.275. The minimum absolute atomic E-state index is 0.236. The zero-order valence-corrected chi connectivity index (χ0v) is 16.2. The van der Waals surface area contributed by atoms with Crippen LogP contribution in [0.3, 0.4) is 0 Å². The molecule has 0 spiro atoms. The summed E-state index contributed by atoms with van der Waals surface area (Å²) in [5, 5.41) is 7.49. The number of nitrogens with one attached hydrogen (secondary N) is 1. The van der Waals surface area contributed by atoms with Crippen LogP contribution in [0.2, 0.25) is 0 Å². The van der Waals surface area contributed by atoms with Gasteiger partial charge in [0.05, 0.1) is 26.9 Å². The fraction of sp³-hybridized carbons (Fsp3) is 0.273. The van der Waals surface area contributed by atoms with Gasteiger partial charge >= 0.3 is 0 Å². The van der Waals surface area contributed by atoms with Crippen molar-refractivity contribution in [3.63, 3.8) is 0 Å². The molecule has 2 aromatic carbocycles. The van der Waals surface area contributed by atoms with Gasteiger partial charge in [-0.05, 0) is 35.4 Å². The molecular formula is C22H22FN3O3. The second-order valence-electron chi connectivity index (χ2n) is 6.89. The Morgan fingerprint density at radius 1 is 1.17 bits per heavy atom. The lowest BCUT2D eigenvalue weighted by Crippen LogP contribution is -2.25. The van der Waals surface area contributed by atoms with Crippen LogP contribution in [0.1, 0.15) is 32.9 Å². The topological polar surface area (TPSA) is 65.4 Å². The van der Waals surface area contributed by atoms with E-state index in [-0.39, 0.29) is 11.7 Å². The van der Waals surface area contributed by atoms with Gasteiger partial charge in [-0.1, -0.05) is 24.3 Å². The van der Waals surface area contributed by atoms with Gasteiger partial charge in [0.1, 0.15) is 11.6 Å². The summed E-state index contributed by atoms with van der Waals surface area (Å²) in [5.74, 6) is 0.259. The number of halogens is 1. The van der Waals surface area contributed by atoms with Gasteiger partial charge in [0.15, 0.2) is 5.69 Å². The highest BCUT2D eigenvalue weighted by Gasteiger charge is 2.25. The second-order valence-corrected chi connectivity index (χ2v) is 6.89. The van der Waals surface area contributed by atoms with Crippen molar-refractivity contribution in [3.8, 4) is 5.75 Å². The molecule has 2 heterocycles. The SMILES string of the molecule is COc1ccc(CNC(=O)c2nn(Cc3ccc(F)cc3)c3c2COCC3)cc1. The quantitative estimate of drug-likeness (QED) is 0.697. The number of aromatic nitrogens is 2. The molecule has 0 atom stereocenters. The molecule has 6 nitrogen and oxygen atoms in total. The standard InChI is InChI=1S/C22H22FN3O3/c1-28-18-8-4-15(5-9-18)12-24-22(27)21-19-14-29-11-10-20(19)26(25-21)13-16-2-6-17(23)7-3-16/h2-9H,10-14H2,1H3,(H,24,27). The van der Waals surface area contributed by atoms with Crippen molar-refractivity contribution < 1.29 is 18.7 Å². The molecule has 0 fully saturated rings. The van der Waals surface area contributed by atoms with E-state index in [0.29, 0.717) is 38.4 Å². The first kappa shape index (κ1) is 19.1. The highest BCUT2D eigenvalue weighted by molar-refractivity contribution is 5.94. The summed E-state index contributed by atoms with van der Waals surface area (Å²) in [6, 6.07) is 13.8. The Labute approximate surface area is 168 Å². The number of ether oxygens (including phenoxy) is 2. The van der Waals surface area contributed by atoms with Crippen molar-refractivity contribution in [3.05, 3.63) is 82.4 Å². The lowest BCUT2D eigenvalue weighted by molar-refractivity contribution is 0.0922. The summed E-state index contributed by atoms with van der Waals surface area (Å²) in [4.78, 5) is 12.8. The summed E-state index contributed by atoms with van der Waals surface area (Å²) in [6.45, 7) is 1.83. The lowest BCUT2D eigenvalue weighted by atomic mass is 10.1. The molecule has 150 valence electrons. The van der Waals surface area contributed by atoms with Crippen LogP contribution in [-0.4, -0.2) is 29.4 Å². The van der Waals surface area contributed by atoms with Crippen LogP contribution in [0.5, 0.6) is 5.75 Å². The van der Waals surface area contributed by atoms with Crippen molar-refractivity contribution in [2.75, 3.05) is 13.7 Å². The molecule has 4 rings (SSSR count). The number of hydrogen-bond acceptors (Lipinski definition) is 4. The van der Waals surface area contributed by atoms with Crippen molar-refractivity contribution >= 4 is 5.91 Å². The van der Waals surface area contributed by atoms with Crippen molar-refractivity contribution in [1.82, 2.24) is 15.1 Å². The zero-order chi connectivity index (χ0) is 20.2. The van der Waals surface area contributed by atoms with Crippen LogP contribution >= 0.6 is 0 Å². The van der Waals surface area contributed by atoms with Crippen LogP contribution in [-0.2, 0) is 30.9 Å². The van der Waals surface area contributed by atoms with E-state index in [1.54, 1.807) is 19.2 Å². The lowest BCUT2D eigenvalue weighted by Gasteiger charge is -2.15.